The van der Waals surface area contributed by atoms with Crippen molar-refractivity contribution in [3.8, 4) is 0 Å². The van der Waals surface area contributed by atoms with Gasteiger partial charge in [-0.15, -0.1) is 0 Å². The van der Waals surface area contributed by atoms with Gasteiger partial charge in [0.15, 0.2) is 0 Å². The molecule has 1 aromatic rings. The molecule has 0 heterocycles. The molecule has 0 aliphatic rings. The zero-order valence-electron chi connectivity index (χ0n) is 10.7. The van der Waals surface area contributed by atoms with Crippen LogP contribution in [0.2, 0.25) is 0 Å². The second-order valence-electron chi connectivity index (χ2n) is 4.82. The lowest BCUT2D eigenvalue weighted by molar-refractivity contribution is -0.384. The van der Waals surface area contributed by atoms with Gasteiger partial charge in [0.05, 0.1) is 4.92 Å². The molecule has 100 valence electrons. The highest BCUT2D eigenvalue weighted by Gasteiger charge is 2.29. The van der Waals surface area contributed by atoms with Crippen molar-refractivity contribution in [3.63, 3.8) is 0 Å². The molecule has 0 radical (unpaired) electrons. The number of hydrogen-bond donors (Lipinski definition) is 2. The van der Waals surface area contributed by atoms with Gasteiger partial charge in [-0.3, -0.25) is 10.1 Å². The van der Waals surface area contributed by atoms with E-state index in [0.29, 0.717) is 6.54 Å². The van der Waals surface area contributed by atoms with E-state index in [0.717, 1.165) is 18.2 Å². The number of nitrogens with one attached hydrogen (secondary N) is 1. The van der Waals surface area contributed by atoms with E-state index >= 15 is 0 Å². The van der Waals surface area contributed by atoms with Gasteiger partial charge in [0.1, 0.15) is 11.5 Å². The number of hydrogen-bond acceptors (Lipinski definition) is 4. The van der Waals surface area contributed by atoms with Gasteiger partial charge in [-0.05, 0) is 18.9 Å². The molecule has 5 nitrogen and oxygen atoms in total. The molecule has 0 saturated heterocycles. The van der Waals surface area contributed by atoms with Crippen LogP contribution in [0.4, 0.5) is 15.8 Å². The number of nitrogens with two attached hydrogens (primary N) is 1. The summed E-state index contributed by atoms with van der Waals surface area (Å²) in [5.74, 6) is -0.378. The Morgan fingerprint density at radius 2 is 2.17 bits per heavy atom. The molecule has 1 unspecified atom stereocenters. The Labute approximate surface area is 105 Å². The fraction of sp³-hybridized carbons (Fsp3) is 0.500. The van der Waals surface area contributed by atoms with E-state index < -0.39 is 16.3 Å². The number of nitro benzene ring substituents is 1. The Balaban J connectivity index is 3.16. The number of halogens is 1. The van der Waals surface area contributed by atoms with Crippen molar-refractivity contribution >= 4 is 11.4 Å². The van der Waals surface area contributed by atoms with Gasteiger partial charge in [-0.2, -0.15) is 0 Å². The number of benzene rings is 1. The first-order valence-electron chi connectivity index (χ1n) is 5.72. The number of rotatable bonds is 5. The molecule has 18 heavy (non-hydrogen) atoms. The van der Waals surface area contributed by atoms with Crippen molar-refractivity contribution in [3.05, 3.63) is 34.1 Å². The molecule has 0 aliphatic heterocycles. The second kappa shape index (κ2) is 5.30. The molecule has 0 bridgehead atoms. The summed E-state index contributed by atoms with van der Waals surface area (Å²) in [6.07, 6.45) is 0. The largest absolute Gasteiger partial charge is 0.373 e. The van der Waals surface area contributed by atoms with Crippen LogP contribution in [0.15, 0.2) is 18.2 Å². The molecule has 6 heteroatoms. The minimum absolute atomic E-state index is 0.144. The van der Waals surface area contributed by atoms with Crippen LogP contribution in [0.5, 0.6) is 0 Å². The van der Waals surface area contributed by atoms with E-state index in [1.807, 2.05) is 20.8 Å². The summed E-state index contributed by atoms with van der Waals surface area (Å²) in [5, 5.41) is 13.9. The van der Waals surface area contributed by atoms with E-state index in [4.69, 9.17) is 5.73 Å². The quantitative estimate of drug-likeness (QED) is 0.625. The normalized spacial score (nSPS) is 14.3. The summed E-state index contributed by atoms with van der Waals surface area (Å²) in [4.78, 5) is 10.3. The number of nitrogens with zero attached hydrogens (tertiary/aromatic N) is 1. The second-order valence-corrected chi connectivity index (χ2v) is 4.82. The summed E-state index contributed by atoms with van der Waals surface area (Å²) >= 11 is 0. The van der Waals surface area contributed by atoms with Crippen LogP contribution in [0, 0.1) is 21.8 Å². The Morgan fingerprint density at radius 1 is 1.56 bits per heavy atom. The van der Waals surface area contributed by atoms with E-state index in [-0.39, 0.29) is 17.3 Å². The molecule has 0 aliphatic carbocycles. The highest BCUT2D eigenvalue weighted by atomic mass is 19.1. The van der Waals surface area contributed by atoms with Crippen LogP contribution < -0.4 is 11.1 Å². The third kappa shape index (κ3) is 2.95. The van der Waals surface area contributed by atoms with Crippen molar-refractivity contribution in [2.75, 3.05) is 11.9 Å². The van der Waals surface area contributed by atoms with E-state index in [1.165, 1.54) is 0 Å². The molecule has 0 aromatic heterocycles. The molecule has 0 amide bonds. The van der Waals surface area contributed by atoms with Gasteiger partial charge < -0.3 is 11.1 Å². The summed E-state index contributed by atoms with van der Waals surface area (Å²) < 4.78 is 13.2. The maximum Gasteiger partial charge on any atom is 0.292 e. The van der Waals surface area contributed by atoms with Crippen molar-refractivity contribution in [1.29, 1.82) is 0 Å². The van der Waals surface area contributed by atoms with Gasteiger partial charge >= 0.3 is 0 Å². The monoisotopic (exact) mass is 255 g/mol. The van der Waals surface area contributed by atoms with Crippen molar-refractivity contribution in [2.24, 2.45) is 11.7 Å². The molecule has 3 N–H and O–H groups in total. The molecule has 0 saturated carbocycles. The zero-order valence-corrected chi connectivity index (χ0v) is 10.7. The summed E-state index contributed by atoms with van der Waals surface area (Å²) in [7, 11) is 0. The molecular weight excluding hydrogens is 237 g/mol. The van der Waals surface area contributed by atoms with Crippen molar-refractivity contribution in [1.82, 2.24) is 0 Å². The van der Waals surface area contributed by atoms with E-state index in [9.17, 15) is 14.5 Å². The predicted octanol–water partition coefficient (Wildman–Crippen LogP) is 2.52. The van der Waals surface area contributed by atoms with Crippen LogP contribution in [-0.2, 0) is 0 Å². The van der Waals surface area contributed by atoms with Crippen LogP contribution in [0.3, 0.4) is 0 Å². The van der Waals surface area contributed by atoms with Crippen molar-refractivity contribution in [2.45, 2.75) is 26.3 Å². The lowest BCUT2D eigenvalue weighted by Gasteiger charge is -2.34. The number of anilines is 1. The zero-order chi connectivity index (χ0) is 13.9. The summed E-state index contributed by atoms with van der Waals surface area (Å²) in [5.41, 5.74) is 5.16. The Bertz CT molecular complexity index is 451. The minimum Gasteiger partial charge on any atom is -0.373 e. The summed E-state index contributed by atoms with van der Waals surface area (Å²) in [6.45, 7) is 6.04. The topological polar surface area (TPSA) is 81.2 Å². The third-order valence-electron chi connectivity index (χ3n) is 3.27. The standard InChI is InChI=1S/C12H18FN3O2/c1-8(2)12(3,7-14)15-10-6-9(13)4-5-11(10)16(17)18/h4-6,8,15H,7,14H2,1-3H3. The van der Waals surface area contributed by atoms with Crippen LogP contribution >= 0.6 is 0 Å². The highest BCUT2D eigenvalue weighted by Crippen LogP contribution is 2.30. The molecule has 0 fully saturated rings. The van der Waals surface area contributed by atoms with Crippen LogP contribution in [-0.4, -0.2) is 17.0 Å². The average molecular weight is 255 g/mol. The molecule has 1 aromatic carbocycles. The Kier molecular flexibility index (Phi) is 4.24. The van der Waals surface area contributed by atoms with Gasteiger partial charge in [0, 0.05) is 24.2 Å². The SMILES string of the molecule is CC(C)C(C)(CN)Nc1cc(F)ccc1[N+](=O)[O-]. The minimum atomic E-state index is -0.543. The Morgan fingerprint density at radius 3 is 2.61 bits per heavy atom. The molecular formula is C12H18FN3O2. The maximum absolute atomic E-state index is 13.2. The third-order valence-corrected chi connectivity index (χ3v) is 3.27. The first-order chi connectivity index (χ1) is 8.30. The molecule has 1 atom stereocenters. The van der Waals surface area contributed by atoms with Crippen LogP contribution in [0.25, 0.3) is 0 Å². The fourth-order valence-electron chi connectivity index (χ4n) is 1.51. The van der Waals surface area contributed by atoms with Crippen molar-refractivity contribution < 1.29 is 9.31 Å². The highest BCUT2D eigenvalue weighted by molar-refractivity contribution is 5.62. The van der Waals surface area contributed by atoms with Crippen LogP contribution in [0.1, 0.15) is 20.8 Å². The maximum atomic E-state index is 13.2. The molecule has 0 spiro atoms. The van der Waals surface area contributed by atoms with E-state index in [2.05, 4.69) is 5.32 Å². The van der Waals surface area contributed by atoms with Gasteiger partial charge in [0.25, 0.3) is 5.69 Å². The van der Waals surface area contributed by atoms with Gasteiger partial charge in [-0.1, -0.05) is 13.8 Å². The first-order valence-corrected chi connectivity index (χ1v) is 5.72. The van der Waals surface area contributed by atoms with E-state index in [1.54, 1.807) is 0 Å². The molecule has 1 rings (SSSR count). The fourth-order valence-corrected chi connectivity index (χ4v) is 1.51. The van der Waals surface area contributed by atoms with Gasteiger partial charge in [-0.25, -0.2) is 4.39 Å². The number of nitro groups is 1. The average Bonchev–Trinajstić information content (AvgIpc) is 2.28. The Hall–Kier alpha value is -1.69. The summed E-state index contributed by atoms with van der Waals surface area (Å²) in [6, 6.07) is 3.34. The predicted molar refractivity (Wildman–Crippen MR) is 69.0 cm³/mol. The lowest BCUT2D eigenvalue weighted by atomic mass is 9.88. The van der Waals surface area contributed by atoms with Gasteiger partial charge in [0.2, 0.25) is 0 Å². The first kappa shape index (κ1) is 14.4. The smallest absolute Gasteiger partial charge is 0.292 e. The lowest BCUT2D eigenvalue weighted by Crippen LogP contribution is -2.47.